The molecule has 3 rings (SSSR count). The molecule has 0 saturated carbocycles. The van der Waals surface area contributed by atoms with Gasteiger partial charge < -0.3 is 14.7 Å². The normalized spacial score (nSPS) is 15.0. The first-order valence-electron chi connectivity index (χ1n) is 7.78. The van der Waals surface area contributed by atoms with Crippen molar-refractivity contribution in [1.82, 2.24) is 4.31 Å². The Morgan fingerprint density at radius 3 is 2.62 bits per heavy atom. The lowest BCUT2D eigenvalue weighted by molar-refractivity contribution is 0.414. The average Bonchev–Trinajstić information content (AvgIpc) is 2.73. The minimum Gasteiger partial charge on any atom is -0.507 e. The monoisotopic (exact) mass is 362 g/mol. The first-order chi connectivity index (χ1) is 11.6. The molecular weight excluding hydrogens is 340 g/mol. The van der Waals surface area contributed by atoms with Gasteiger partial charge in [-0.15, -0.1) is 11.8 Å². The van der Waals surface area contributed by atoms with Crippen molar-refractivity contribution in [3.63, 3.8) is 0 Å². The maximum absolute atomic E-state index is 10.2. The van der Waals surface area contributed by atoms with Crippen LogP contribution in [0.4, 0.5) is 5.69 Å². The van der Waals surface area contributed by atoms with Crippen molar-refractivity contribution in [3.8, 4) is 11.5 Å². The predicted octanol–water partition coefficient (Wildman–Crippen LogP) is 4.08. The molecule has 0 saturated heterocycles. The number of thioether (sulfide) groups is 1. The van der Waals surface area contributed by atoms with Crippen LogP contribution in [0.3, 0.4) is 0 Å². The Morgan fingerprint density at radius 2 is 1.96 bits per heavy atom. The van der Waals surface area contributed by atoms with E-state index in [-0.39, 0.29) is 0 Å². The standard InChI is InChI=1S/C18H22N2O2S2/c1-19-8-9-20(12-13-4-6-14(22-2)7-5-13)15-10-18(23-3)16(21)11-17(15)24-19/h4-7,10-11,21H,8-9,12H2,1-3H3. The number of likely N-dealkylation sites (N-methyl/N-ethyl adjacent to an activating group) is 1. The minimum atomic E-state index is 0.355. The summed E-state index contributed by atoms with van der Waals surface area (Å²) in [6.45, 7) is 2.75. The molecule has 0 aliphatic carbocycles. The largest absolute Gasteiger partial charge is 0.507 e. The summed E-state index contributed by atoms with van der Waals surface area (Å²) in [5.41, 5.74) is 2.43. The summed E-state index contributed by atoms with van der Waals surface area (Å²) in [6, 6.07) is 12.2. The van der Waals surface area contributed by atoms with Crippen molar-refractivity contribution in [2.45, 2.75) is 16.3 Å². The number of phenols is 1. The molecule has 0 aromatic heterocycles. The van der Waals surface area contributed by atoms with Gasteiger partial charge in [0.2, 0.25) is 0 Å². The zero-order chi connectivity index (χ0) is 17.1. The van der Waals surface area contributed by atoms with Crippen molar-refractivity contribution in [2.75, 3.05) is 38.4 Å². The Bertz CT molecular complexity index is 707. The molecule has 1 heterocycles. The molecule has 0 unspecified atom stereocenters. The molecule has 4 nitrogen and oxygen atoms in total. The van der Waals surface area contributed by atoms with Gasteiger partial charge in [-0.1, -0.05) is 12.1 Å². The van der Waals surface area contributed by atoms with Gasteiger partial charge in [0, 0.05) is 19.6 Å². The smallest absolute Gasteiger partial charge is 0.130 e. The van der Waals surface area contributed by atoms with E-state index in [0.29, 0.717) is 5.75 Å². The number of hydrogen-bond donors (Lipinski definition) is 1. The molecule has 0 radical (unpaired) electrons. The zero-order valence-corrected chi connectivity index (χ0v) is 15.8. The highest BCUT2D eigenvalue weighted by atomic mass is 32.2. The van der Waals surface area contributed by atoms with Gasteiger partial charge in [-0.3, -0.25) is 0 Å². The number of rotatable bonds is 4. The third-order valence-electron chi connectivity index (χ3n) is 4.07. The second kappa shape index (κ2) is 7.59. The molecule has 2 aromatic carbocycles. The Balaban J connectivity index is 1.92. The average molecular weight is 363 g/mol. The predicted molar refractivity (Wildman–Crippen MR) is 102 cm³/mol. The summed E-state index contributed by atoms with van der Waals surface area (Å²) in [6.07, 6.45) is 1.99. The second-order valence-electron chi connectivity index (χ2n) is 5.70. The van der Waals surface area contributed by atoms with Gasteiger partial charge in [0.1, 0.15) is 11.5 Å². The van der Waals surface area contributed by atoms with Gasteiger partial charge in [-0.2, -0.15) is 0 Å². The van der Waals surface area contributed by atoms with Gasteiger partial charge in [0.05, 0.1) is 22.6 Å². The van der Waals surface area contributed by atoms with Gasteiger partial charge in [0.25, 0.3) is 0 Å². The third kappa shape index (κ3) is 3.77. The van der Waals surface area contributed by atoms with Crippen LogP contribution in [-0.4, -0.2) is 42.9 Å². The molecule has 0 bridgehead atoms. The highest BCUT2D eigenvalue weighted by molar-refractivity contribution is 7.98. The number of benzene rings is 2. The molecule has 2 aromatic rings. The van der Waals surface area contributed by atoms with Gasteiger partial charge in [0.15, 0.2) is 0 Å². The Hall–Kier alpha value is -1.50. The van der Waals surface area contributed by atoms with Crippen LogP contribution in [0.2, 0.25) is 0 Å². The van der Waals surface area contributed by atoms with Crippen molar-refractivity contribution in [3.05, 3.63) is 42.0 Å². The van der Waals surface area contributed by atoms with Crippen LogP contribution in [0.15, 0.2) is 46.2 Å². The van der Waals surface area contributed by atoms with E-state index >= 15 is 0 Å². The van der Waals surface area contributed by atoms with Crippen LogP contribution >= 0.6 is 23.7 Å². The van der Waals surface area contributed by atoms with E-state index in [1.54, 1.807) is 30.8 Å². The summed E-state index contributed by atoms with van der Waals surface area (Å²) < 4.78 is 7.45. The van der Waals surface area contributed by atoms with Crippen LogP contribution in [-0.2, 0) is 6.54 Å². The minimum absolute atomic E-state index is 0.355. The van der Waals surface area contributed by atoms with E-state index in [1.165, 1.54) is 11.3 Å². The van der Waals surface area contributed by atoms with Crippen LogP contribution in [0.5, 0.6) is 11.5 Å². The molecule has 1 aliphatic heterocycles. The number of aromatic hydroxyl groups is 1. The van der Waals surface area contributed by atoms with Crippen LogP contribution in [0.1, 0.15) is 5.56 Å². The molecule has 6 heteroatoms. The van der Waals surface area contributed by atoms with E-state index in [9.17, 15) is 5.11 Å². The summed E-state index contributed by atoms with van der Waals surface area (Å²) in [4.78, 5) is 4.39. The van der Waals surface area contributed by atoms with E-state index in [0.717, 1.165) is 35.2 Å². The quantitative estimate of drug-likeness (QED) is 0.652. The van der Waals surface area contributed by atoms with E-state index in [2.05, 4.69) is 34.5 Å². The Labute approximate surface area is 151 Å². The molecule has 0 spiro atoms. The van der Waals surface area contributed by atoms with Gasteiger partial charge >= 0.3 is 0 Å². The first-order valence-corrected chi connectivity index (χ1v) is 9.78. The molecule has 0 atom stereocenters. The van der Waals surface area contributed by atoms with E-state index in [1.807, 2.05) is 24.5 Å². The van der Waals surface area contributed by atoms with Crippen molar-refractivity contribution in [1.29, 1.82) is 0 Å². The van der Waals surface area contributed by atoms with Gasteiger partial charge in [-0.25, -0.2) is 4.31 Å². The number of phenolic OH excluding ortho intramolecular Hbond substituents is 1. The second-order valence-corrected chi connectivity index (χ2v) is 7.80. The lowest BCUT2D eigenvalue weighted by atomic mass is 10.2. The zero-order valence-electron chi connectivity index (χ0n) is 14.2. The SMILES string of the molecule is COc1ccc(CN2CCN(C)Sc3cc(O)c(SC)cc32)cc1. The molecule has 0 amide bonds. The summed E-state index contributed by atoms with van der Waals surface area (Å²) >= 11 is 3.26. The highest BCUT2D eigenvalue weighted by Crippen LogP contribution is 2.41. The van der Waals surface area contributed by atoms with Crippen LogP contribution < -0.4 is 9.64 Å². The first kappa shape index (κ1) is 17.3. The Morgan fingerprint density at radius 1 is 1.21 bits per heavy atom. The number of anilines is 1. The lowest BCUT2D eigenvalue weighted by Gasteiger charge is -2.25. The third-order valence-corrected chi connectivity index (χ3v) is 5.86. The summed E-state index contributed by atoms with van der Waals surface area (Å²) in [7, 11) is 3.77. The van der Waals surface area contributed by atoms with Crippen LogP contribution in [0, 0.1) is 0 Å². The van der Waals surface area contributed by atoms with E-state index < -0.39 is 0 Å². The van der Waals surface area contributed by atoms with Crippen molar-refractivity contribution in [2.24, 2.45) is 0 Å². The fourth-order valence-corrected chi connectivity index (χ4v) is 4.19. The van der Waals surface area contributed by atoms with E-state index in [4.69, 9.17) is 4.74 Å². The van der Waals surface area contributed by atoms with Crippen molar-refractivity contribution >= 4 is 29.4 Å². The topological polar surface area (TPSA) is 35.9 Å². The molecular formula is C18H22N2O2S2. The molecule has 1 N–H and O–H groups in total. The summed E-state index contributed by atoms with van der Waals surface area (Å²) in [5.74, 6) is 1.23. The fourth-order valence-electron chi connectivity index (χ4n) is 2.73. The van der Waals surface area contributed by atoms with Crippen LogP contribution in [0.25, 0.3) is 0 Å². The lowest BCUT2D eigenvalue weighted by Crippen LogP contribution is -2.28. The molecule has 1 aliphatic rings. The Kier molecular flexibility index (Phi) is 5.48. The molecule has 0 fully saturated rings. The summed E-state index contributed by atoms with van der Waals surface area (Å²) in [5, 5.41) is 10.2. The number of hydrogen-bond acceptors (Lipinski definition) is 6. The van der Waals surface area contributed by atoms with Gasteiger partial charge in [-0.05, 0) is 55.1 Å². The molecule has 24 heavy (non-hydrogen) atoms. The fraction of sp³-hybridized carbons (Fsp3) is 0.333. The van der Waals surface area contributed by atoms with Crippen molar-refractivity contribution < 1.29 is 9.84 Å². The highest BCUT2D eigenvalue weighted by Gasteiger charge is 2.21. The number of methoxy groups -OCH3 is 1. The number of ether oxygens (including phenoxy) is 1. The number of nitrogens with zero attached hydrogens (tertiary/aromatic N) is 2. The molecule has 128 valence electrons. The maximum atomic E-state index is 10.2. The maximum Gasteiger partial charge on any atom is 0.130 e. The number of fused-ring (bicyclic) bond motifs is 1.